The van der Waals surface area contributed by atoms with E-state index in [1.165, 1.54) is 0 Å². The third kappa shape index (κ3) is 4.52. The van der Waals surface area contributed by atoms with Gasteiger partial charge in [0.25, 0.3) is 0 Å². The molecule has 0 bridgehead atoms. The molecule has 2 rings (SSSR count). The highest BCUT2D eigenvalue weighted by Gasteiger charge is 2.23. The molecule has 112 valence electrons. The van der Waals surface area contributed by atoms with Crippen LogP contribution >= 0.6 is 0 Å². The van der Waals surface area contributed by atoms with Gasteiger partial charge in [-0.2, -0.15) is 5.10 Å². The number of nitrogens with zero attached hydrogens (tertiary/aromatic N) is 4. The summed E-state index contributed by atoms with van der Waals surface area (Å²) in [7, 11) is 0. The van der Waals surface area contributed by atoms with Crippen LogP contribution in [0.1, 0.15) is 20.8 Å². The quantitative estimate of drug-likeness (QED) is 0.898. The van der Waals surface area contributed by atoms with Crippen LogP contribution in [0, 0.1) is 0 Å². The smallest absolute Gasteiger partial charge is 0.317 e. The average molecular weight is 279 g/mol. The van der Waals surface area contributed by atoms with Gasteiger partial charge in [-0.25, -0.2) is 4.79 Å². The first-order valence-electron chi connectivity index (χ1n) is 7.21. The fraction of sp³-hybridized carbons (Fsp3) is 0.714. The third-order valence-electron chi connectivity index (χ3n) is 3.35. The van der Waals surface area contributed by atoms with Crippen molar-refractivity contribution < 1.29 is 4.79 Å². The van der Waals surface area contributed by atoms with Gasteiger partial charge in [-0.15, -0.1) is 0 Å². The van der Waals surface area contributed by atoms with E-state index in [4.69, 9.17) is 0 Å². The van der Waals surface area contributed by atoms with Crippen molar-refractivity contribution in [1.29, 1.82) is 0 Å². The number of aromatic nitrogens is 2. The molecule has 20 heavy (non-hydrogen) atoms. The summed E-state index contributed by atoms with van der Waals surface area (Å²) in [6.45, 7) is 11.3. The van der Waals surface area contributed by atoms with Crippen molar-refractivity contribution in [3.8, 4) is 0 Å². The number of carbonyl (C=O) groups is 1. The van der Waals surface area contributed by atoms with E-state index in [1.807, 2.05) is 42.6 Å². The van der Waals surface area contributed by atoms with Crippen LogP contribution in [0.5, 0.6) is 0 Å². The fourth-order valence-electron chi connectivity index (χ4n) is 2.25. The second-order valence-electron chi connectivity index (χ2n) is 6.28. The molecule has 0 unspecified atom stereocenters. The summed E-state index contributed by atoms with van der Waals surface area (Å²) in [5, 5.41) is 7.21. The van der Waals surface area contributed by atoms with Gasteiger partial charge in [-0.05, 0) is 26.8 Å². The molecule has 0 radical (unpaired) electrons. The van der Waals surface area contributed by atoms with Crippen LogP contribution in [0.4, 0.5) is 4.79 Å². The number of amides is 2. The Hall–Kier alpha value is -1.56. The first-order chi connectivity index (χ1) is 9.44. The summed E-state index contributed by atoms with van der Waals surface area (Å²) < 4.78 is 1.94. The third-order valence-corrected chi connectivity index (χ3v) is 3.35. The molecule has 6 nitrogen and oxygen atoms in total. The first-order valence-corrected chi connectivity index (χ1v) is 7.21. The number of carbonyl (C=O) groups excluding carboxylic acids is 1. The van der Waals surface area contributed by atoms with E-state index >= 15 is 0 Å². The Kier molecular flexibility index (Phi) is 4.65. The van der Waals surface area contributed by atoms with Crippen molar-refractivity contribution in [1.82, 2.24) is 24.9 Å². The molecule has 1 fully saturated rings. The largest absolute Gasteiger partial charge is 0.333 e. The molecule has 2 amide bonds. The lowest BCUT2D eigenvalue weighted by Gasteiger charge is -2.36. The summed E-state index contributed by atoms with van der Waals surface area (Å²) in [6, 6.07) is 1.98. The van der Waals surface area contributed by atoms with Crippen LogP contribution in [-0.4, -0.2) is 63.9 Å². The number of hydrogen-bond acceptors (Lipinski definition) is 3. The lowest BCUT2D eigenvalue weighted by atomic mass is 10.1. The highest BCUT2D eigenvalue weighted by Crippen LogP contribution is 2.05. The van der Waals surface area contributed by atoms with Gasteiger partial charge in [-0.1, -0.05) is 0 Å². The molecular weight excluding hydrogens is 254 g/mol. The Bertz CT molecular complexity index is 415. The monoisotopic (exact) mass is 279 g/mol. The number of hydrogen-bond donors (Lipinski definition) is 1. The molecule has 1 aliphatic heterocycles. The van der Waals surface area contributed by atoms with Crippen LogP contribution < -0.4 is 5.32 Å². The minimum absolute atomic E-state index is 0.0456. The van der Waals surface area contributed by atoms with Crippen molar-refractivity contribution >= 4 is 6.03 Å². The van der Waals surface area contributed by atoms with Crippen LogP contribution in [-0.2, 0) is 6.54 Å². The SMILES string of the molecule is CC(C)(C)NC(=O)N1CCN(CCn2cccn2)CC1. The summed E-state index contributed by atoms with van der Waals surface area (Å²) in [6.07, 6.45) is 3.78. The summed E-state index contributed by atoms with van der Waals surface area (Å²) in [5.74, 6) is 0. The van der Waals surface area contributed by atoms with Crippen molar-refractivity contribution in [3.05, 3.63) is 18.5 Å². The zero-order chi connectivity index (χ0) is 14.6. The number of urea groups is 1. The van der Waals surface area contributed by atoms with Gasteiger partial charge in [-0.3, -0.25) is 9.58 Å². The maximum absolute atomic E-state index is 12.0. The standard InChI is InChI=1S/C14H25N5O/c1-14(2,3)16-13(20)18-10-7-17(8-11-18)9-12-19-6-4-5-15-19/h4-6H,7-12H2,1-3H3,(H,16,20). The minimum Gasteiger partial charge on any atom is -0.333 e. The van der Waals surface area contributed by atoms with Crippen molar-refractivity contribution in [3.63, 3.8) is 0 Å². The van der Waals surface area contributed by atoms with E-state index in [0.29, 0.717) is 0 Å². The Morgan fingerprint density at radius 3 is 2.45 bits per heavy atom. The molecule has 0 atom stereocenters. The van der Waals surface area contributed by atoms with E-state index in [-0.39, 0.29) is 11.6 Å². The van der Waals surface area contributed by atoms with Gasteiger partial charge in [0.2, 0.25) is 0 Å². The van der Waals surface area contributed by atoms with E-state index < -0.39 is 0 Å². The van der Waals surface area contributed by atoms with Crippen molar-refractivity contribution in [2.24, 2.45) is 0 Å². The summed E-state index contributed by atoms with van der Waals surface area (Å²) in [5.41, 5.74) is -0.172. The van der Waals surface area contributed by atoms with Gasteiger partial charge in [0.05, 0.1) is 6.54 Å². The van der Waals surface area contributed by atoms with Gasteiger partial charge in [0.15, 0.2) is 0 Å². The van der Waals surface area contributed by atoms with Crippen molar-refractivity contribution in [2.75, 3.05) is 32.7 Å². The Morgan fingerprint density at radius 1 is 1.20 bits per heavy atom. The van der Waals surface area contributed by atoms with Gasteiger partial charge in [0, 0.05) is 50.7 Å². The molecule has 1 aromatic heterocycles. The Morgan fingerprint density at radius 2 is 1.90 bits per heavy atom. The number of piperazine rings is 1. The van der Waals surface area contributed by atoms with Crippen LogP contribution in [0.15, 0.2) is 18.5 Å². The molecule has 1 aromatic rings. The molecule has 1 aliphatic rings. The molecule has 0 saturated carbocycles. The van der Waals surface area contributed by atoms with Crippen LogP contribution in [0.2, 0.25) is 0 Å². The predicted octanol–water partition coefficient (Wildman–Crippen LogP) is 1.01. The average Bonchev–Trinajstić information content (AvgIpc) is 2.88. The van der Waals surface area contributed by atoms with Crippen LogP contribution in [0.3, 0.4) is 0 Å². The summed E-state index contributed by atoms with van der Waals surface area (Å²) in [4.78, 5) is 16.3. The van der Waals surface area contributed by atoms with E-state index in [1.54, 1.807) is 6.20 Å². The molecule has 0 spiro atoms. The molecular formula is C14H25N5O. The van der Waals surface area contributed by atoms with Crippen molar-refractivity contribution in [2.45, 2.75) is 32.9 Å². The highest BCUT2D eigenvalue weighted by molar-refractivity contribution is 5.75. The molecule has 1 N–H and O–H groups in total. The van der Waals surface area contributed by atoms with E-state index in [9.17, 15) is 4.79 Å². The zero-order valence-corrected chi connectivity index (χ0v) is 12.7. The Balaban J connectivity index is 1.71. The normalized spacial score (nSPS) is 17.2. The maximum atomic E-state index is 12.0. The molecule has 0 aromatic carbocycles. The first kappa shape index (κ1) is 14.8. The second kappa shape index (κ2) is 6.26. The lowest BCUT2D eigenvalue weighted by Crippen LogP contribution is -2.55. The van der Waals surface area contributed by atoms with Gasteiger partial charge >= 0.3 is 6.03 Å². The predicted molar refractivity (Wildman–Crippen MR) is 78.5 cm³/mol. The fourth-order valence-corrected chi connectivity index (χ4v) is 2.25. The molecule has 1 saturated heterocycles. The summed E-state index contributed by atoms with van der Waals surface area (Å²) >= 11 is 0. The minimum atomic E-state index is -0.172. The second-order valence-corrected chi connectivity index (χ2v) is 6.28. The molecule has 6 heteroatoms. The van der Waals surface area contributed by atoms with Gasteiger partial charge < -0.3 is 10.2 Å². The van der Waals surface area contributed by atoms with Gasteiger partial charge in [0.1, 0.15) is 0 Å². The zero-order valence-electron chi connectivity index (χ0n) is 12.7. The number of nitrogens with one attached hydrogen (secondary N) is 1. The highest BCUT2D eigenvalue weighted by atomic mass is 16.2. The van der Waals surface area contributed by atoms with E-state index in [2.05, 4.69) is 15.3 Å². The molecule has 0 aliphatic carbocycles. The maximum Gasteiger partial charge on any atom is 0.317 e. The van der Waals surface area contributed by atoms with Crippen LogP contribution in [0.25, 0.3) is 0 Å². The molecule has 2 heterocycles. The topological polar surface area (TPSA) is 53.4 Å². The Labute approximate surface area is 120 Å². The van der Waals surface area contributed by atoms with E-state index in [0.717, 1.165) is 39.3 Å². The lowest BCUT2D eigenvalue weighted by molar-refractivity contribution is 0.131. The number of rotatable bonds is 3.